The van der Waals surface area contributed by atoms with Crippen molar-refractivity contribution in [2.45, 2.75) is 32.0 Å². The second kappa shape index (κ2) is 4.10. The topological polar surface area (TPSA) is 29.3 Å². The van der Waals surface area contributed by atoms with E-state index in [1.54, 1.807) is 0 Å². The number of aryl methyl sites for hydroxylation is 1. The molecule has 1 unspecified atom stereocenters. The molecule has 4 rings (SSSR count). The minimum atomic E-state index is 0.572. The second-order valence-corrected chi connectivity index (χ2v) is 5.69. The van der Waals surface area contributed by atoms with Crippen LogP contribution in [-0.2, 0) is 19.5 Å². The fraction of sp³-hybridized carbons (Fsp3) is 0.294. The fourth-order valence-corrected chi connectivity index (χ4v) is 3.57. The Kier molecular flexibility index (Phi) is 2.39. The Balaban J connectivity index is 1.64. The first-order valence-electron chi connectivity index (χ1n) is 7.00. The van der Waals surface area contributed by atoms with E-state index in [4.69, 9.17) is 5.73 Å². The smallest absolute Gasteiger partial charge is 0.0361 e. The monoisotopic (exact) mass is 250 g/mol. The van der Waals surface area contributed by atoms with Crippen LogP contribution in [0.2, 0.25) is 0 Å². The van der Waals surface area contributed by atoms with Crippen LogP contribution in [0.25, 0.3) is 0 Å². The van der Waals surface area contributed by atoms with Crippen molar-refractivity contribution >= 4 is 5.69 Å². The molecular weight excluding hydrogens is 232 g/mol. The zero-order valence-electron chi connectivity index (χ0n) is 11.0. The molecule has 2 N–H and O–H groups in total. The first-order chi connectivity index (χ1) is 9.31. The summed E-state index contributed by atoms with van der Waals surface area (Å²) in [6, 6.07) is 15.8. The average molecular weight is 250 g/mol. The molecule has 2 heteroatoms. The Labute approximate surface area is 113 Å². The summed E-state index contributed by atoms with van der Waals surface area (Å²) in [4.78, 5) is 2.60. The van der Waals surface area contributed by atoms with Crippen LogP contribution in [0.3, 0.4) is 0 Å². The normalized spacial score (nSPS) is 21.4. The maximum atomic E-state index is 5.89. The van der Waals surface area contributed by atoms with E-state index in [-0.39, 0.29) is 0 Å². The zero-order valence-corrected chi connectivity index (χ0v) is 11.0. The van der Waals surface area contributed by atoms with Crippen LogP contribution in [0.15, 0.2) is 42.5 Å². The lowest BCUT2D eigenvalue weighted by atomic mass is 10.1. The van der Waals surface area contributed by atoms with Gasteiger partial charge in [0.25, 0.3) is 0 Å². The Morgan fingerprint density at radius 1 is 0.947 bits per heavy atom. The lowest BCUT2D eigenvalue weighted by Crippen LogP contribution is -2.21. The highest BCUT2D eigenvalue weighted by Crippen LogP contribution is 2.40. The van der Waals surface area contributed by atoms with Gasteiger partial charge in [-0.1, -0.05) is 30.3 Å². The van der Waals surface area contributed by atoms with Gasteiger partial charge in [-0.05, 0) is 47.2 Å². The van der Waals surface area contributed by atoms with Gasteiger partial charge in [-0.15, -0.1) is 0 Å². The number of nitrogens with two attached hydrogens (primary N) is 1. The van der Waals surface area contributed by atoms with Crippen molar-refractivity contribution in [3.63, 3.8) is 0 Å². The van der Waals surface area contributed by atoms with Gasteiger partial charge >= 0.3 is 0 Å². The molecular formula is C17H18N2. The molecule has 2 aromatic rings. The lowest BCUT2D eigenvalue weighted by Gasteiger charge is -2.24. The van der Waals surface area contributed by atoms with Crippen molar-refractivity contribution in [3.05, 3.63) is 64.7 Å². The third-order valence-electron chi connectivity index (χ3n) is 4.52. The molecule has 2 nitrogen and oxygen atoms in total. The maximum Gasteiger partial charge on any atom is 0.0361 e. The average Bonchev–Trinajstić information content (AvgIpc) is 3.00. The number of fused-ring (bicyclic) bond motifs is 2. The Morgan fingerprint density at radius 2 is 1.68 bits per heavy atom. The van der Waals surface area contributed by atoms with E-state index in [1.807, 2.05) is 6.07 Å². The number of hydrogen-bond acceptors (Lipinski definition) is 2. The summed E-state index contributed by atoms with van der Waals surface area (Å²) in [5, 5.41) is 0. The molecule has 0 spiro atoms. The van der Waals surface area contributed by atoms with Gasteiger partial charge in [0.15, 0.2) is 0 Å². The van der Waals surface area contributed by atoms with E-state index in [1.165, 1.54) is 28.7 Å². The van der Waals surface area contributed by atoms with E-state index >= 15 is 0 Å². The highest BCUT2D eigenvalue weighted by molar-refractivity contribution is 5.48. The first-order valence-corrected chi connectivity index (χ1v) is 7.00. The molecule has 0 saturated carbocycles. The minimum absolute atomic E-state index is 0.572. The molecule has 1 aliphatic carbocycles. The lowest BCUT2D eigenvalue weighted by molar-refractivity contribution is 0.200. The number of benzene rings is 2. The molecule has 0 bridgehead atoms. The number of rotatable bonds is 1. The SMILES string of the molecule is Nc1ccc2c(c1)CCC2N1Cc2ccccc2C1. The van der Waals surface area contributed by atoms with Crippen molar-refractivity contribution in [1.29, 1.82) is 0 Å². The van der Waals surface area contributed by atoms with E-state index in [0.717, 1.165) is 25.2 Å². The molecule has 0 amide bonds. The Hall–Kier alpha value is -1.80. The molecule has 0 saturated heterocycles. The van der Waals surface area contributed by atoms with Crippen molar-refractivity contribution in [2.24, 2.45) is 0 Å². The molecule has 1 aliphatic heterocycles. The number of nitrogens with zero attached hydrogens (tertiary/aromatic N) is 1. The molecule has 2 aromatic carbocycles. The van der Waals surface area contributed by atoms with Gasteiger partial charge in [0.1, 0.15) is 0 Å². The highest BCUT2D eigenvalue weighted by atomic mass is 15.2. The highest BCUT2D eigenvalue weighted by Gasteiger charge is 2.31. The number of nitrogen functional groups attached to an aromatic ring is 1. The van der Waals surface area contributed by atoms with E-state index < -0.39 is 0 Å². The summed E-state index contributed by atoms with van der Waals surface area (Å²) in [6.07, 6.45) is 2.39. The number of hydrogen-bond donors (Lipinski definition) is 1. The molecule has 19 heavy (non-hydrogen) atoms. The van der Waals surface area contributed by atoms with Gasteiger partial charge < -0.3 is 5.73 Å². The van der Waals surface area contributed by atoms with Crippen molar-refractivity contribution in [3.8, 4) is 0 Å². The van der Waals surface area contributed by atoms with Crippen LogP contribution in [-0.4, -0.2) is 4.90 Å². The van der Waals surface area contributed by atoms with Crippen molar-refractivity contribution < 1.29 is 0 Å². The minimum Gasteiger partial charge on any atom is -0.399 e. The summed E-state index contributed by atoms with van der Waals surface area (Å²) in [7, 11) is 0. The molecule has 0 fully saturated rings. The molecule has 1 heterocycles. The quantitative estimate of drug-likeness (QED) is 0.787. The van der Waals surface area contributed by atoms with Crippen molar-refractivity contribution in [2.75, 3.05) is 5.73 Å². The maximum absolute atomic E-state index is 5.89. The summed E-state index contributed by atoms with van der Waals surface area (Å²) in [5.41, 5.74) is 12.7. The van der Waals surface area contributed by atoms with E-state index in [0.29, 0.717) is 6.04 Å². The molecule has 2 aliphatic rings. The second-order valence-electron chi connectivity index (χ2n) is 5.69. The van der Waals surface area contributed by atoms with Crippen LogP contribution in [0.1, 0.15) is 34.7 Å². The van der Waals surface area contributed by atoms with Gasteiger partial charge in [-0.2, -0.15) is 0 Å². The number of anilines is 1. The summed E-state index contributed by atoms with van der Waals surface area (Å²) >= 11 is 0. The Morgan fingerprint density at radius 3 is 2.42 bits per heavy atom. The molecule has 1 atom stereocenters. The standard InChI is InChI=1S/C17H18N2/c18-15-6-7-16-12(9-15)5-8-17(16)19-10-13-3-1-2-4-14(13)11-19/h1-4,6-7,9,17H,5,8,10-11,18H2. The van der Waals surface area contributed by atoms with Crippen LogP contribution < -0.4 is 5.73 Å². The van der Waals surface area contributed by atoms with Gasteiger partial charge in [0.05, 0.1) is 0 Å². The van der Waals surface area contributed by atoms with Gasteiger partial charge in [-0.25, -0.2) is 0 Å². The van der Waals surface area contributed by atoms with Gasteiger partial charge in [-0.3, -0.25) is 4.90 Å². The van der Waals surface area contributed by atoms with Crippen LogP contribution in [0, 0.1) is 0 Å². The van der Waals surface area contributed by atoms with Crippen LogP contribution in [0.5, 0.6) is 0 Å². The predicted molar refractivity (Wildman–Crippen MR) is 77.6 cm³/mol. The molecule has 96 valence electrons. The van der Waals surface area contributed by atoms with Gasteiger partial charge in [0, 0.05) is 24.8 Å². The van der Waals surface area contributed by atoms with E-state index in [2.05, 4.69) is 41.3 Å². The third kappa shape index (κ3) is 1.75. The fourth-order valence-electron chi connectivity index (χ4n) is 3.57. The van der Waals surface area contributed by atoms with Gasteiger partial charge in [0.2, 0.25) is 0 Å². The third-order valence-corrected chi connectivity index (χ3v) is 4.52. The summed E-state index contributed by atoms with van der Waals surface area (Å²) in [6.45, 7) is 2.18. The molecule has 0 radical (unpaired) electrons. The van der Waals surface area contributed by atoms with Crippen molar-refractivity contribution in [1.82, 2.24) is 4.90 Å². The van der Waals surface area contributed by atoms with E-state index in [9.17, 15) is 0 Å². The van der Waals surface area contributed by atoms with Crippen LogP contribution >= 0.6 is 0 Å². The van der Waals surface area contributed by atoms with Crippen LogP contribution in [0.4, 0.5) is 5.69 Å². The molecule has 0 aromatic heterocycles. The summed E-state index contributed by atoms with van der Waals surface area (Å²) < 4.78 is 0. The zero-order chi connectivity index (χ0) is 12.8. The Bertz CT molecular complexity index is 608. The largest absolute Gasteiger partial charge is 0.399 e. The predicted octanol–water partition coefficient (Wildman–Crippen LogP) is 3.27. The summed E-state index contributed by atoms with van der Waals surface area (Å²) in [5.74, 6) is 0. The first kappa shape index (κ1) is 11.1.